The van der Waals surface area contributed by atoms with Crippen molar-refractivity contribution < 1.29 is 9.53 Å². The fourth-order valence-electron chi connectivity index (χ4n) is 2.79. The van der Waals surface area contributed by atoms with Gasteiger partial charge in [0.15, 0.2) is 0 Å². The summed E-state index contributed by atoms with van der Waals surface area (Å²) < 4.78 is 5.01. The number of aromatic nitrogens is 1. The van der Waals surface area contributed by atoms with E-state index in [9.17, 15) is 4.79 Å². The molecule has 1 amide bonds. The van der Waals surface area contributed by atoms with Crippen LogP contribution >= 0.6 is 0 Å². The van der Waals surface area contributed by atoms with Crippen molar-refractivity contribution in [3.05, 3.63) is 23.9 Å². The summed E-state index contributed by atoms with van der Waals surface area (Å²) in [5.74, 6) is 0.635. The lowest BCUT2D eigenvalue weighted by Crippen LogP contribution is -2.38. The maximum atomic E-state index is 12.4. The van der Waals surface area contributed by atoms with Gasteiger partial charge in [0.2, 0.25) is 5.88 Å². The second-order valence-electron chi connectivity index (χ2n) is 5.51. The van der Waals surface area contributed by atoms with E-state index in [1.807, 2.05) is 4.90 Å². The van der Waals surface area contributed by atoms with Crippen LogP contribution in [0.3, 0.4) is 0 Å². The van der Waals surface area contributed by atoms with E-state index < -0.39 is 0 Å². The first-order valence-electron chi connectivity index (χ1n) is 6.65. The highest BCUT2D eigenvalue weighted by Gasteiger charge is 2.55. The van der Waals surface area contributed by atoms with Crippen LogP contribution in [-0.4, -0.2) is 60.0 Å². The fourth-order valence-corrected chi connectivity index (χ4v) is 2.79. The molecule has 0 unspecified atom stereocenters. The molecule has 0 N–H and O–H groups in total. The number of rotatable bonds is 2. The van der Waals surface area contributed by atoms with Crippen molar-refractivity contribution in [1.82, 2.24) is 14.8 Å². The van der Waals surface area contributed by atoms with E-state index in [2.05, 4.69) is 16.9 Å². The molecule has 0 aromatic carbocycles. The van der Waals surface area contributed by atoms with E-state index in [-0.39, 0.29) is 11.4 Å². The highest BCUT2D eigenvalue weighted by molar-refractivity contribution is 5.96. The Kier molecular flexibility index (Phi) is 2.93. The number of hydrogen-bond acceptors (Lipinski definition) is 4. The minimum Gasteiger partial charge on any atom is -0.481 e. The second-order valence-corrected chi connectivity index (χ2v) is 5.51. The molecule has 5 heteroatoms. The first kappa shape index (κ1) is 12.4. The van der Waals surface area contributed by atoms with Gasteiger partial charge in [-0.2, -0.15) is 0 Å². The maximum absolute atomic E-state index is 12.4. The zero-order valence-corrected chi connectivity index (χ0v) is 11.4. The third kappa shape index (κ3) is 2.18. The molecule has 19 heavy (non-hydrogen) atoms. The highest BCUT2D eigenvalue weighted by Crippen LogP contribution is 2.42. The number of carbonyl (C=O) groups is 1. The van der Waals surface area contributed by atoms with Gasteiger partial charge in [0.05, 0.1) is 18.2 Å². The molecule has 0 bridgehead atoms. The molecule has 0 radical (unpaired) electrons. The van der Waals surface area contributed by atoms with Gasteiger partial charge in [-0.25, -0.2) is 4.98 Å². The van der Waals surface area contributed by atoms with Gasteiger partial charge in [-0.15, -0.1) is 0 Å². The molecule has 2 aliphatic rings. The average Bonchev–Trinajstić information content (AvgIpc) is 3.16. The van der Waals surface area contributed by atoms with Crippen LogP contribution in [0.25, 0.3) is 0 Å². The van der Waals surface area contributed by atoms with E-state index in [4.69, 9.17) is 4.74 Å². The Morgan fingerprint density at radius 1 is 1.37 bits per heavy atom. The molecule has 2 aliphatic heterocycles. The van der Waals surface area contributed by atoms with Gasteiger partial charge < -0.3 is 14.5 Å². The van der Waals surface area contributed by atoms with Gasteiger partial charge in [0.1, 0.15) is 0 Å². The van der Waals surface area contributed by atoms with Crippen LogP contribution in [0.15, 0.2) is 18.3 Å². The molecule has 1 spiro atoms. The SMILES string of the molecule is COc1ccc(C(=O)N2CC23CCN(C)CC3)cn1. The topological polar surface area (TPSA) is 45.4 Å². The summed E-state index contributed by atoms with van der Waals surface area (Å²) in [6.45, 7) is 3.04. The molecule has 3 rings (SSSR count). The van der Waals surface area contributed by atoms with Crippen LogP contribution in [0.2, 0.25) is 0 Å². The minimum atomic E-state index is 0.0970. The van der Waals surface area contributed by atoms with Gasteiger partial charge in [-0.05, 0) is 26.0 Å². The molecule has 0 atom stereocenters. The Morgan fingerprint density at radius 3 is 2.68 bits per heavy atom. The van der Waals surface area contributed by atoms with Crippen LogP contribution in [0.1, 0.15) is 23.2 Å². The predicted octanol–water partition coefficient (Wildman–Crippen LogP) is 1.01. The maximum Gasteiger partial charge on any atom is 0.256 e. The Hall–Kier alpha value is -1.62. The van der Waals surface area contributed by atoms with Crippen molar-refractivity contribution >= 4 is 5.91 Å². The fraction of sp³-hybridized carbons (Fsp3) is 0.571. The molecule has 3 heterocycles. The van der Waals surface area contributed by atoms with E-state index in [0.717, 1.165) is 32.5 Å². The monoisotopic (exact) mass is 261 g/mol. The molecule has 1 aromatic rings. The molecule has 5 nitrogen and oxygen atoms in total. The first-order valence-corrected chi connectivity index (χ1v) is 6.65. The van der Waals surface area contributed by atoms with Crippen LogP contribution < -0.4 is 4.74 Å². The van der Waals surface area contributed by atoms with E-state index >= 15 is 0 Å². The summed E-state index contributed by atoms with van der Waals surface area (Å²) in [6, 6.07) is 3.52. The van der Waals surface area contributed by atoms with Gasteiger partial charge in [-0.1, -0.05) is 0 Å². The standard InChI is InChI=1S/C14H19N3O2/c1-16-7-5-14(6-8-16)10-17(14)13(18)11-3-4-12(19-2)15-9-11/h3-4,9H,5-8,10H2,1-2H3. The third-order valence-electron chi connectivity index (χ3n) is 4.28. The summed E-state index contributed by atoms with van der Waals surface area (Å²) in [5, 5.41) is 0. The van der Waals surface area contributed by atoms with Gasteiger partial charge >= 0.3 is 0 Å². The minimum absolute atomic E-state index is 0.0970. The Bertz CT molecular complexity index is 478. The van der Waals surface area contributed by atoms with Gasteiger partial charge in [0, 0.05) is 31.9 Å². The number of carbonyl (C=O) groups excluding carboxylic acids is 1. The Morgan fingerprint density at radius 2 is 2.11 bits per heavy atom. The average molecular weight is 261 g/mol. The highest BCUT2D eigenvalue weighted by atomic mass is 16.5. The van der Waals surface area contributed by atoms with Crippen molar-refractivity contribution in [1.29, 1.82) is 0 Å². The number of hydrogen-bond donors (Lipinski definition) is 0. The van der Waals surface area contributed by atoms with E-state index in [1.165, 1.54) is 0 Å². The second kappa shape index (κ2) is 4.49. The Labute approximate surface area is 113 Å². The van der Waals surface area contributed by atoms with Crippen molar-refractivity contribution in [2.24, 2.45) is 0 Å². The van der Waals surface area contributed by atoms with Crippen molar-refractivity contribution in [2.75, 3.05) is 33.8 Å². The quantitative estimate of drug-likeness (QED) is 0.745. The molecular weight excluding hydrogens is 242 g/mol. The lowest BCUT2D eigenvalue weighted by Gasteiger charge is -2.29. The number of pyridine rings is 1. The van der Waals surface area contributed by atoms with Crippen molar-refractivity contribution in [3.8, 4) is 5.88 Å². The van der Waals surface area contributed by atoms with Crippen molar-refractivity contribution in [3.63, 3.8) is 0 Å². The van der Waals surface area contributed by atoms with Gasteiger partial charge in [0.25, 0.3) is 5.91 Å². The third-order valence-corrected chi connectivity index (χ3v) is 4.28. The predicted molar refractivity (Wildman–Crippen MR) is 71.3 cm³/mol. The smallest absolute Gasteiger partial charge is 0.256 e. The molecule has 2 fully saturated rings. The molecule has 0 saturated carbocycles. The number of piperidine rings is 1. The normalized spacial score (nSPS) is 21.5. The Balaban J connectivity index is 1.68. The zero-order valence-electron chi connectivity index (χ0n) is 11.4. The zero-order chi connectivity index (χ0) is 13.5. The van der Waals surface area contributed by atoms with Crippen molar-refractivity contribution in [2.45, 2.75) is 18.4 Å². The summed E-state index contributed by atoms with van der Waals surface area (Å²) in [5.41, 5.74) is 0.778. The lowest BCUT2D eigenvalue weighted by molar-refractivity contribution is 0.0826. The largest absolute Gasteiger partial charge is 0.481 e. The molecule has 2 saturated heterocycles. The summed E-state index contributed by atoms with van der Waals surface area (Å²) >= 11 is 0. The number of ether oxygens (including phenoxy) is 1. The van der Waals surface area contributed by atoms with E-state index in [1.54, 1.807) is 25.4 Å². The van der Waals surface area contributed by atoms with Crippen LogP contribution in [0.5, 0.6) is 5.88 Å². The van der Waals surface area contributed by atoms with Crippen LogP contribution in [0.4, 0.5) is 0 Å². The molecule has 0 aliphatic carbocycles. The number of likely N-dealkylation sites (tertiary alicyclic amines) is 1. The molecule has 102 valence electrons. The van der Waals surface area contributed by atoms with Crippen LogP contribution in [-0.2, 0) is 0 Å². The van der Waals surface area contributed by atoms with Gasteiger partial charge in [-0.3, -0.25) is 4.79 Å². The molecule has 1 aromatic heterocycles. The van der Waals surface area contributed by atoms with Crippen LogP contribution in [0, 0.1) is 0 Å². The number of amides is 1. The van der Waals surface area contributed by atoms with E-state index in [0.29, 0.717) is 11.4 Å². The summed E-state index contributed by atoms with van der Waals surface area (Å²) in [4.78, 5) is 20.8. The first-order chi connectivity index (χ1) is 9.14. The summed E-state index contributed by atoms with van der Waals surface area (Å²) in [6.07, 6.45) is 3.76. The number of nitrogens with zero attached hydrogens (tertiary/aromatic N) is 3. The molecular formula is C14H19N3O2. The number of methoxy groups -OCH3 is 1. The summed E-state index contributed by atoms with van der Waals surface area (Å²) in [7, 11) is 3.70. The lowest BCUT2D eigenvalue weighted by atomic mass is 9.97.